The lowest BCUT2D eigenvalue weighted by Gasteiger charge is -2.09. The summed E-state index contributed by atoms with van der Waals surface area (Å²) in [5.74, 6) is 0. The van der Waals surface area contributed by atoms with Gasteiger partial charge in [0.25, 0.3) is 0 Å². The Morgan fingerprint density at radius 1 is 1.62 bits per heavy atom. The second kappa shape index (κ2) is 2.51. The van der Waals surface area contributed by atoms with Gasteiger partial charge in [-0.3, -0.25) is 0 Å². The first kappa shape index (κ1) is 9.09. The fourth-order valence-electron chi connectivity index (χ4n) is 1.16. The molecule has 1 aromatic heterocycles. The molecule has 13 heavy (non-hydrogen) atoms. The van der Waals surface area contributed by atoms with Crippen LogP contribution in [0, 0.1) is 0 Å². The maximum absolute atomic E-state index is 13.5. The summed E-state index contributed by atoms with van der Waals surface area (Å²) in [5, 5.41) is 0.527. The fourth-order valence-corrected chi connectivity index (χ4v) is 2.23. The van der Waals surface area contributed by atoms with Crippen molar-refractivity contribution in [3.8, 4) is 0 Å². The summed E-state index contributed by atoms with van der Waals surface area (Å²) in [4.78, 5) is 5.08. The van der Waals surface area contributed by atoms with Gasteiger partial charge in [-0.15, -0.1) is 11.3 Å². The average molecular weight is 200 g/mol. The zero-order chi connectivity index (χ0) is 9.69. The van der Waals surface area contributed by atoms with Gasteiger partial charge < -0.3 is 5.73 Å². The van der Waals surface area contributed by atoms with E-state index in [1.165, 1.54) is 25.2 Å². The van der Waals surface area contributed by atoms with E-state index in [-0.39, 0.29) is 5.54 Å². The zero-order valence-electron chi connectivity index (χ0n) is 7.80. The van der Waals surface area contributed by atoms with Crippen molar-refractivity contribution in [2.45, 2.75) is 37.9 Å². The van der Waals surface area contributed by atoms with E-state index >= 15 is 0 Å². The Kier molecular flexibility index (Phi) is 1.76. The molecule has 0 unspecified atom stereocenters. The Hall–Kier alpha value is -0.480. The highest BCUT2D eigenvalue weighted by Gasteiger charge is 2.42. The van der Waals surface area contributed by atoms with Gasteiger partial charge in [0, 0.05) is 11.1 Å². The first-order chi connectivity index (χ1) is 5.92. The van der Waals surface area contributed by atoms with E-state index in [0.717, 1.165) is 17.7 Å². The maximum atomic E-state index is 13.5. The molecule has 1 heterocycles. The van der Waals surface area contributed by atoms with Gasteiger partial charge in [0.05, 0.1) is 5.54 Å². The van der Waals surface area contributed by atoms with Crippen molar-refractivity contribution in [3.63, 3.8) is 0 Å². The summed E-state index contributed by atoms with van der Waals surface area (Å²) < 4.78 is 13.5. The first-order valence-corrected chi connectivity index (χ1v) is 5.18. The Balaban J connectivity index is 2.29. The van der Waals surface area contributed by atoms with Crippen LogP contribution >= 0.6 is 11.3 Å². The molecule has 2 nitrogen and oxygen atoms in total. The van der Waals surface area contributed by atoms with E-state index in [1.807, 2.05) is 0 Å². The van der Waals surface area contributed by atoms with Gasteiger partial charge in [-0.1, -0.05) is 0 Å². The minimum absolute atomic E-state index is 0.179. The molecule has 0 spiro atoms. The summed E-state index contributed by atoms with van der Waals surface area (Å²) in [6.07, 6.45) is 3.72. The molecule has 0 amide bonds. The van der Waals surface area contributed by atoms with Crippen LogP contribution in [0.5, 0.6) is 0 Å². The molecule has 1 fully saturated rings. The van der Waals surface area contributed by atoms with E-state index in [2.05, 4.69) is 4.98 Å². The SMILES string of the molecule is CC(C)(F)c1ncc(C2(N)CC2)s1. The number of rotatable bonds is 2. The molecule has 0 radical (unpaired) electrons. The van der Waals surface area contributed by atoms with Crippen LogP contribution in [0.25, 0.3) is 0 Å². The zero-order valence-corrected chi connectivity index (χ0v) is 8.62. The highest BCUT2D eigenvalue weighted by atomic mass is 32.1. The molecule has 1 aliphatic carbocycles. The third kappa shape index (κ3) is 1.60. The summed E-state index contributed by atoms with van der Waals surface area (Å²) in [6, 6.07) is 0. The van der Waals surface area contributed by atoms with Gasteiger partial charge in [-0.05, 0) is 26.7 Å². The number of thiazole rings is 1. The molecule has 0 saturated heterocycles. The lowest BCUT2D eigenvalue weighted by Crippen LogP contribution is -2.16. The van der Waals surface area contributed by atoms with Crippen LogP contribution in [0.1, 0.15) is 36.6 Å². The number of halogens is 1. The van der Waals surface area contributed by atoms with Crippen LogP contribution in [0.15, 0.2) is 6.20 Å². The van der Waals surface area contributed by atoms with Crippen molar-refractivity contribution in [2.24, 2.45) is 5.73 Å². The highest BCUT2D eigenvalue weighted by molar-refractivity contribution is 7.11. The molecule has 4 heteroatoms. The minimum atomic E-state index is -1.34. The molecule has 0 aromatic carbocycles. The fraction of sp³-hybridized carbons (Fsp3) is 0.667. The Labute approximate surface area is 81.0 Å². The van der Waals surface area contributed by atoms with Gasteiger partial charge in [0.2, 0.25) is 0 Å². The predicted molar refractivity (Wildman–Crippen MR) is 51.3 cm³/mol. The Bertz CT molecular complexity index is 303. The molecule has 2 rings (SSSR count). The molecule has 2 N–H and O–H groups in total. The maximum Gasteiger partial charge on any atom is 0.156 e. The van der Waals surface area contributed by atoms with Gasteiger partial charge >= 0.3 is 0 Å². The summed E-state index contributed by atoms with van der Waals surface area (Å²) in [7, 11) is 0. The topological polar surface area (TPSA) is 38.9 Å². The largest absolute Gasteiger partial charge is 0.321 e. The van der Waals surface area contributed by atoms with E-state index in [9.17, 15) is 4.39 Å². The van der Waals surface area contributed by atoms with Crippen LogP contribution < -0.4 is 5.73 Å². The summed E-state index contributed by atoms with van der Waals surface area (Å²) in [5.41, 5.74) is 4.45. The van der Waals surface area contributed by atoms with Crippen LogP contribution in [-0.4, -0.2) is 4.98 Å². The van der Waals surface area contributed by atoms with E-state index in [1.54, 1.807) is 6.20 Å². The monoisotopic (exact) mass is 200 g/mol. The molecule has 0 aliphatic heterocycles. The van der Waals surface area contributed by atoms with E-state index < -0.39 is 5.67 Å². The number of aromatic nitrogens is 1. The molecule has 0 atom stereocenters. The number of nitrogens with two attached hydrogens (primary N) is 1. The second-order valence-corrected chi connectivity index (χ2v) is 5.19. The molecule has 1 saturated carbocycles. The molecule has 0 bridgehead atoms. The van der Waals surface area contributed by atoms with Crippen LogP contribution in [0.2, 0.25) is 0 Å². The van der Waals surface area contributed by atoms with E-state index in [0.29, 0.717) is 5.01 Å². The third-order valence-electron chi connectivity index (χ3n) is 2.29. The van der Waals surface area contributed by atoms with Crippen molar-refractivity contribution in [3.05, 3.63) is 16.1 Å². The molecule has 1 aliphatic rings. The lowest BCUT2D eigenvalue weighted by molar-refractivity contribution is 0.220. The average Bonchev–Trinajstić information content (AvgIpc) is 2.60. The van der Waals surface area contributed by atoms with Crippen molar-refractivity contribution < 1.29 is 4.39 Å². The second-order valence-electron chi connectivity index (χ2n) is 4.16. The van der Waals surface area contributed by atoms with Gasteiger partial charge in [-0.2, -0.15) is 0 Å². The molecular formula is C9H13FN2S. The quantitative estimate of drug-likeness (QED) is 0.795. The van der Waals surface area contributed by atoms with Crippen molar-refractivity contribution in [1.82, 2.24) is 4.98 Å². The highest BCUT2D eigenvalue weighted by Crippen LogP contribution is 2.46. The minimum Gasteiger partial charge on any atom is -0.321 e. The molecular weight excluding hydrogens is 187 g/mol. The third-order valence-corrected chi connectivity index (χ3v) is 3.81. The van der Waals surface area contributed by atoms with Crippen LogP contribution in [-0.2, 0) is 11.2 Å². The molecule has 72 valence electrons. The Morgan fingerprint density at radius 3 is 2.62 bits per heavy atom. The van der Waals surface area contributed by atoms with Crippen LogP contribution in [0.4, 0.5) is 4.39 Å². The van der Waals surface area contributed by atoms with Gasteiger partial charge in [0.1, 0.15) is 5.01 Å². The molecule has 1 aromatic rings. The number of nitrogens with zero attached hydrogens (tertiary/aromatic N) is 1. The summed E-state index contributed by atoms with van der Waals surface area (Å²) in [6.45, 7) is 3.04. The van der Waals surface area contributed by atoms with E-state index in [4.69, 9.17) is 5.73 Å². The summed E-state index contributed by atoms with van der Waals surface area (Å²) >= 11 is 1.40. The number of alkyl halides is 1. The normalized spacial score (nSPS) is 20.3. The smallest absolute Gasteiger partial charge is 0.156 e. The Morgan fingerprint density at radius 2 is 2.23 bits per heavy atom. The van der Waals surface area contributed by atoms with Crippen molar-refractivity contribution in [1.29, 1.82) is 0 Å². The first-order valence-electron chi connectivity index (χ1n) is 4.36. The van der Waals surface area contributed by atoms with Gasteiger partial charge in [-0.25, -0.2) is 9.37 Å². The standard InChI is InChI=1S/C9H13FN2S/c1-8(2,10)7-12-5-6(13-7)9(11)3-4-9/h5H,3-4,11H2,1-2H3. The number of hydrogen-bond donors (Lipinski definition) is 1. The number of hydrogen-bond acceptors (Lipinski definition) is 3. The van der Waals surface area contributed by atoms with Crippen LogP contribution in [0.3, 0.4) is 0 Å². The van der Waals surface area contributed by atoms with Gasteiger partial charge in [0.15, 0.2) is 5.67 Å². The predicted octanol–water partition coefficient (Wildman–Crippen LogP) is 2.30. The van der Waals surface area contributed by atoms with Crippen molar-refractivity contribution in [2.75, 3.05) is 0 Å². The lowest BCUT2D eigenvalue weighted by atomic mass is 10.2. The van der Waals surface area contributed by atoms with Crippen molar-refractivity contribution >= 4 is 11.3 Å².